The summed E-state index contributed by atoms with van der Waals surface area (Å²) >= 11 is 0. The molecule has 0 aromatic heterocycles. The Hall–Kier alpha value is -0.210. The van der Waals surface area contributed by atoms with E-state index in [4.69, 9.17) is 10.6 Å². The van der Waals surface area contributed by atoms with Gasteiger partial charge < -0.3 is 4.74 Å². The van der Waals surface area contributed by atoms with Crippen molar-refractivity contribution in [3.05, 3.63) is 0 Å². The van der Waals surface area contributed by atoms with Crippen LogP contribution in [0.25, 0.3) is 0 Å². The van der Waals surface area contributed by atoms with Crippen molar-refractivity contribution in [1.82, 2.24) is 10.3 Å². The first-order chi connectivity index (χ1) is 8.83. The summed E-state index contributed by atoms with van der Waals surface area (Å²) in [6.07, 6.45) is 2.60. The van der Waals surface area contributed by atoms with Crippen LogP contribution in [-0.2, 0) is 14.6 Å². The SMILES string of the molecule is CC(C)N1CCOC(C(CCCS(C)(=O)=O)NN)C1. The molecule has 19 heavy (non-hydrogen) atoms. The first kappa shape index (κ1) is 16.8. The Labute approximate surface area is 116 Å². The second kappa shape index (κ2) is 7.54. The van der Waals surface area contributed by atoms with Crippen molar-refractivity contribution in [2.45, 2.75) is 44.9 Å². The number of ether oxygens (including phenoxy) is 1. The van der Waals surface area contributed by atoms with Crippen LogP contribution >= 0.6 is 0 Å². The molecule has 2 unspecified atom stereocenters. The molecule has 2 atom stereocenters. The summed E-state index contributed by atoms with van der Waals surface area (Å²) in [5, 5.41) is 0. The van der Waals surface area contributed by atoms with Crippen LogP contribution in [0.5, 0.6) is 0 Å². The van der Waals surface area contributed by atoms with E-state index in [1.165, 1.54) is 6.26 Å². The van der Waals surface area contributed by atoms with Crippen LogP contribution < -0.4 is 11.3 Å². The van der Waals surface area contributed by atoms with Crippen LogP contribution in [-0.4, -0.2) is 63.2 Å². The lowest BCUT2D eigenvalue weighted by molar-refractivity contribution is -0.0566. The molecule has 0 radical (unpaired) electrons. The van der Waals surface area contributed by atoms with Crippen LogP contribution in [0.2, 0.25) is 0 Å². The lowest BCUT2D eigenvalue weighted by Crippen LogP contribution is -2.55. The minimum atomic E-state index is -2.90. The molecule has 1 fully saturated rings. The molecular weight excluding hydrogens is 266 g/mol. The van der Waals surface area contributed by atoms with Gasteiger partial charge in [0.25, 0.3) is 0 Å². The lowest BCUT2D eigenvalue weighted by atomic mass is 10.0. The fourth-order valence-corrected chi connectivity index (χ4v) is 3.04. The smallest absolute Gasteiger partial charge is 0.147 e. The van der Waals surface area contributed by atoms with Crippen molar-refractivity contribution >= 4 is 9.84 Å². The molecule has 0 aromatic carbocycles. The number of nitrogens with two attached hydrogens (primary N) is 1. The second-order valence-electron chi connectivity index (χ2n) is 5.54. The molecule has 0 bridgehead atoms. The summed E-state index contributed by atoms with van der Waals surface area (Å²) in [7, 11) is -2.90. The predicted octanol–water partition coefficient (Wildman–Crippen LogP) is -0.248. The molecule has 7 heteroatoms. The first-order valence-corrected chi connectivity index (χ1v) is 8.89. The third-order valence-corrected chi connectivity index (χ3v) is 4.58. The number of sulfone groups is 1. The Kier molecular flexibility index (Phi) is 6.68. The maximum Gasteiger partial charge on any atom is 0.147 e. The van der Waals surface area contributed by atoms with Gasteiger partial charge in [0.1, 0.15) is 9.84 Å². The topological polar surface area (TPSA) is 84.7 Å². The van der Waals surface area contributed by atoms with Gasteiger partial charge in [0.05, 0.1) is 12.7 Å². The summed E-state index contributed by atoms with van der Waals surface area (Å²) in [6.45, 7) is 6.81. The largest absolute Gasteiger partial charge is 0.374 e. The highest BCUT2D eigenvalue weighted by Gasteiger charge is 2.28. The second-order valence-corrected chi connectivity index (χ2v) is 7.80. The molecule has 0 spiro atoms. The van der Waals surface area contributed by atoms with Gasteiger partial charge in [-0.15, -0.1) is 0 Å². The maximum absolute atomic E-state index is 11.1. The van der Waals surface area contributed by atoms with E-state index in [0.717, 1.165) is 13.1 Å². The van der Waals surface area contributed by atoms with Gasteiger partial charge in [0, 0.05) is 37.2 Å². The summed E-state index contributed by atoms with van der Waals surface area (Å²) in [5.41, 5.74) is 2.77. The Balaban J connectivity index is 2.45. The van der Waals surface area contributed by atoms with Crippen molar-refractivity contribution in [1.29, 1.82) is 0 Å². The average Bonchev–Trinajstić information content (AvgIpc) is 2.33. The first-order valence-electron chi connectivity index (χ1n) is 6.83. The van der Waals surface area contributed by atoms with Gasteiger partial charge in [-0.05, 0) is 26.7 Å². The van der Waals surface area contributed by atoms with Gasteiger partial charge in [-0.25, -0.2) is 8.42 Å². The monoisotopic (exact) mass is 293 g/mol. The molecule has 1 aliphatic heterocycles. The summed E-state index contributed by atoms with van der Waals surface area (Å²) < 4.78 is 28.0. The van der Waals surface area contributed by atoms with Crippen molar-refractivity contribution < 1.29 is 13.2 Å². The van der Waals surface area contributed by atoms with Gasteiger partial charge in [-0.3, -0.25) is 16.2 Å². The number of hydrogen-bond acceptors (Lipinski definition) is 6. The van der Waals surface area contributed by atoms with Gasteiger partial charge in [-0.1, -0.05) is 0 Å². The van der Waals surface area contributed by atoms with Crippen LogP contribution in [0.3, 0.4) is 0 Å². The van der Waals surface area contributed by atoms with E-state index in [2.05, 4.69) is 24.2 Å². The lowest BCUT2D eigenvalue weighted by Gasteiger charge is -2.38. The van der Waals surface area contributed by atoms with Crippen molar-refractivity contribution in [2.24, 2.45) is 5.84 Å². The Bertz CT molecular complexity index is 359. The van der Waals surface area contributed by atoms with Crippen LogP contribution in [0.15, 0.2) is 0 Å². The quantitative estimate of drug-likeness (QED) is 0.497. The standard InChI is InChI=1S/C12H27N3O3S/c1-10(2)15-6-7-18-12(9-15)11(14-13)5-4-8-19(3,16)17/h10-12,14H,4-9,13H2,1-3H3. The number of morpholine rings is 1. The number of hydrogen-bond donors (Lipinski definition) is 2. The third-order valence-electron chi connectivity index (χ3n) is 3.55. The molecule has 3 N–H and O–H groups in total. The molecule has 1 saturated heterocycles. The van der Waals surface area contributed by atoms with E-state index in [1.54, 1.807) is 0 Å². The molecule has 0 amide bonds. The van der Waals surface area contributed by atoms with Crippen molar-refractivity contribution in [2.75, 3.05) is 31.7 Å². The normalized spacial score (nSPS) is 23.7. The molecule has 0 aromatic rings. The number of nitrogens with one attached hydrogen (secondary N) is 1. The van der Waals surface area contributed by atoms with E-state index >= 15 is 0 Å². The van der Waals surface area contributed by atoms with Crippen molar-refractivity contribution in [3.8, 4) is 0 Å². The highest BCUT2D eigenvalue weighted by molar-refractivity contribution is 7.90. The Morgan fingerprint density at radius 2 is 2.16 bits per heavy atom. The molecule has 114 valence electrons. The Morgan fingerprint density at radius 1 is 1.47 bits per heavy atom. The van der Waals surface area contributed by atoms with E-state index in [9.17, 15) is 8.42 Å². The minimum absolute atomic E-state index is 0.00306. The van der Waals surface area contributed by atoms with E-state index in [1.807, 2.05) is 0 Å². The predicted molar refractivity (Wildman–Crippen MR) is 76.5 cm³/mol. The summed E-state index contributed by atoms with van der Waals surface area (Å²) in [5.74, 6) is 5.78. The fourth-order valence-electron chi connectivity index (χ4n) is 2.35. The highest BCUT2D eigenvalue weighted by atomic mass is 32.2. The number of hydrazine groups is 1. The van der Waals surface area contributed by atoms with Crippen molar-refractivity contribution in [3.63, 3.8) is 0 Å². The number of nitrogens with zero attached hydrogens (tertiary/aromatic N) is 1. The number of rotatable bonds is 7. The van der Waals surface area contributed by atoms with E-state index < -0.39 is 9.84 Å². The highest BCUT2D eigenvalue weighted by Crippen LogP contribution is 2.14. The molecule has 1 aliphatic rings. The zero-order valence-electron chi connectivity index (χ0n) is 12.1. The van der Waals surface area contributed by atoms with Gasteiger partial charge in [-0.2, -0.15) is 0 Å². The molecular formula is C12H27N3O3S. The Morgan fingerprint density at radius 3 is 2.68 bits per heavy atom. The minimum Gasteiger partial charge on any atom is -0.374 e. The zero-order valence-corrected chi connectivity index (χ0v) is 12.9. The average molecular weight is 293 g/mol. The van der Waals surface area contributed by atoms with Crippen LogP contribution in [0.4, 0.5) is 0 Å². The molecule has 0 saturated carbocycles. The summed E-state index contributed by atoms with van der Waals surface area (Å²) in [4.78, 5) is 2.36. The molecule has 1 rings (SSSR count). The van der Waals surface area contributed by atoms with E-state index in [-0.39, 0.29) is 17.9 Å². The maximum atomic E-state index is 11.1. The van der Waals surface area contributed by atoms with E-state index in [0.29, 0.717) is 25.5 Å². The van der Waals surface area contributed by atoms with Gasteiger partial charge >= 0.3 is 0 Å². The molecule has 0 aliphatic carbocycles. The van der Waals surface area contributed by atoms with Gasteiger partial charge in [0.15, 0.2) is 0 Å². The van der Waals surface area contributed by atoms with Crippen LogP contribution in [0, 0.1) is 0 Å². The molecule has 1 heterocycles. The zero-order chi connectivity index (χ0) is 14.5. The molecule has 6 nitrogen and oxygen atoms in total. The fraction of sp³-hybridized carbons (Fsp3) is 1.00. The summed E-state index contributed by atoms with van der Waals surface area (Å²) in [6, 6.07) is 0.490. The van der Waals surface area contributed by atoms with Crippen LogP contribution in [0.1, 0.15) is 26.7 Å². The van der Waals surface area contributed by atoms with Gasteiger partial charge in [0.2, 0.25) is 0 Å². The third kappa shape index (κ3) is 6.18.